The van der Waals surface area contributed by atoms with E-state index in [2.05, 4.69) is 44.7 Å². The highest BCUT2D eigenvalue weighted by Gasteiger charge is 2.15. The van der Waals surface area contributed by atoms with Crippen molar-refractivity contribution in [2.45, 2.75) is 46.6 Å². The third-order valence-electron chi connectivity index (χ3n) is 4.38. The van der Waals surface area contributed by atoms with Crippen LogP contribution in [0.1, 0.15) is 41.0 Å². The van der Waals surface area contributed by atoms with Gasteiger partial charge in [-0.2, -0.15) is 0 Å². The molecule has 0 radical (unpaired) electrons. The number of aliphatic imine (C=N–C) groups is 1. The molecule has 0 unspecified atom stereocenters. The Hall–Kier alpha value is -0.940. The summed E-state index contributed by atoms with van der Waals surface area (Å²) in [5.74, 6) is 0.841. The molecular formula is C18H29IN6S2. The molecule has 0 atom stereocenters. The van der Waals surface area contributed by atoms with E-state index in [1.165, 1.54) is 22.9 Å². The molecule has 27 heavy (non-hydrogen) atoms. The molecule has 1 aliphatic rings. The van der Waals surface area contributed by atoms with Crippen LogP contribution in [0.3, 0.4) is 0 Å². The number of aromatic nitrogens is 2. The smallest absolute Gasteiger partial charge is 0.191 e. The number of hydrogen-bond donors (Lipinski definition) is 2. The summed E-state index contributed by atoms with van der Waals surface area (Å²) in [5, 5.41) is 11.1. The minimum atomic E-state index is 0. The largest absolute Gasteiger partial charge is 0.357 e. The van der Waals surface area contributed by atoms with E-state index in [1.54, 1.807) is 22.7 Å². The Bertz CT molecular complexity index is 717. The molecule has 0 amide bonds. The predicted molar refractivity (Wildman–Crippen MR) is 127 cm³/mol. The summed E-state index contributed by atoms with van der Waals surface area (Å²) < 4.78 is 0. The van der Waals surface area contributed by atoms with Crippen molar-refractivity contribution in [1.29, 1.82) is 0 Å². The zero-order valence-electron chi connectivity index (χ0n) is 16.2. The first-order valence-corrected chi connectivity index (χ1v) is 11.0. The average Bonchev–Trinajstić information content (AvgIpc) is 3.35. The number of nitrogens with one attached hydrogen (secondary N) is 2. The molecular weight excluding hydrogens is 491 g/mol. The molecule has 9 heteroatoms. The molecule has 1 fully saturated rings. The molecule has 0 aliphatic carbocycles. The minimum absolute atomic E-state index is 0. The summed E-state index contributed by atoms with van der Waals surface area (Å²) in [4.78, 5) is 17.6. The van der Waals surface area contributed by atoms with E-state index in [-0.39, 0.29) is 24.0 Å². The lowest BCUT2D eigenvalue weighted by Gasteiger charge is -2.12. The van der Waals surface area contributed by atoms with Gasteiger partial charge in [0.15, 0.2) is 11.1 Å². The van der Waals surface area contributed by atoms with E-state index in [0.29, 0.717) is 6.54 Å². The van der Waals surface area contributed by atoms with E-state index >= 15 is 0 Å². The van der Waals surface area contributed by atoms with Gasteiger partial charge >= 0.3 is 0 Å². The SMILES string of the molecule is CCNC(=NCc1nc(C)c(C)s1)NCCc1csc(N2CCCC2)n1.I. The molecule has 2 N–H and O–H groups in total. The molecule has 0 spiro atoms. The number of anilines is 1. The molecule has 3 heterocycles. The average molecular weight is 521 g/mol. The van der Waals surface area contributed by atoms with Crippen LogP contribution in [0.25, 0.3) is 0 Å². The fourth-order valence-corrected chi connectivity index (χ4v) is 4.64. The van der Waals surface area contributed by atoms with Crippen LogP contribution in [0.15, 0.2) is 10.4 Å². The molecule has 3 rings (SSSR count). The quantitative estimate of drug-likeness (QED) is 0.331. The van der Waals surface area contributed by atoms with Crippen molar-refractivity contribution < 1.29 is 0 Å². The van der Waals surface area contributed by atoms with Crippen molar-refractivity contribution in [3.63, 3.8) is 0 Å². The molecule has 2 aromatic heterocycles. The molecule has 6 nitrogen and oxygen atoms in total. The van der Waals surface area contributed by atoms with E-state index in [1.807, 2.05) is 6.92 Å². The Morgan fingerprint density at radius 3 is 2.67 bits per heavy atom. The molecule has 0 bridgehead atoms. The topological polar surface area (TPSA) is 65.4 Å². The Morgan fingerprint density at radius 2 is 2.00 bits per heavy atom. The van der Waals surface area contributed by atoms with Gasteiger partial charge in [0, 0.05) is 42.9 Å². The molecule has 0 saturated carbocycles. The highest BCUT2D eigenvalue weighted by molar-refractivity contribution is 14.0. The van der Waals surface area contributed by atoms with Gasteiger partial charge in [-0.05, 0) is 33.6 Å². The number of hydrogen-bond acceptors (Lipinski definition) is 6. The van der Waals surface area contributed by atoms with Crippen molar-refractivity contribution in [2.75, 3.05) is 31.1 Å². The van der Waals surface area contributed by atoms with Crippen LogP contribution in [-0.2, 0) is 13.0 Å². The minimum Gasteiger partial charge on any atom is -0.357 e. The number of aryl methyl sites for hydroxylation is 2. The maximum atomic E-state index is 4.78. The second-order valence-electron chi connectivity index (χ2n) is 6.44. The van der Waals surface area contributed by atoms with E-state index in [9.17, 15) is 0 Å². The lowest BCUT2D eigenvalue weighted by atomic mass is 10.3. The van der Waals surface area contributed by atoms with Crippen LogP contribution in [-0.4, -0.2) is 42.1 Å². The van der Waals surface area contributed by atoms with Crippen molar-refractivity contribution in [3.8, 4) is 0 Å². The van der Waals surface area contributed by atoms with E-state index < -0.39 is 0 Å². The Balaban J connectivity index is 0.00000261. The van der Waals surface area contributed by atoms with Gasteiger partial charge in [-0.15, -0.1) is 46.7 Å². The zero-order valence-corrected chi connectivity index (χ0v) is 20.2. The second kappa shape index (κ2) is 11.2. The van der Waals surface area contributed by atoms with Crippen LogP contribution < -0.4 is 15.5 Å². The Labute approximate surface area is 186 Å². The van der Waals surface area contributed by atoms with Crippen molar-refractivity contribution in [1.82, 2.24) is 20.6 Å². The number of thiazole rings is 2. The monoisotopic (exact) mass is 520 g/mol. The summed E-state index contributed by atoms with van der Waals surface area (Å²) in [6, 6.07) is 0. The van der Waals surface area contributed by atoms with Gasteiger partial charge in [0.2, 0.25) is 0 Å². The number of guanidine groups is 1. The third-order valence-corrected chi connectivity index (χ3v) is 6.39. The first kappa shape index (κ1) is 22.4. The van der Waals surface area contributed by atoms with Gasteiger partial charge in [0.05, 0.1) is 17.9 Å². The number of rotatable bonds is 7. The van der Waals surface area contributed by atoms with Gasteiger partial charge in [-0.3, -0.25) is 0 Å². The standard InChI is InChI=1S/C18H28N6S2.HI/c1-4-19-17(21-11-16-22-13(2)14(3)26-16)20-8-7-15-12-25-18(23-15)24-9-5-6-10-24;/h12H,4-11H2,1-3H3,(H2,19,20,21);1H. The fourth-order valence-electron chi connectivity index (χ4n) is 2.87. The molecule has 1 saturated heterocycles. The molecule has 0 aromatic carbocycles. The molecule has 150 valence electrons. The van der Waals surface area contributed by atoms with Crippen molar-refractivity contribution >= 4 is 57.7 Å². The zero-order chi connectivity index (χ0) is 18.4. The van der Waals surface area contributed by atoms with Crippen molar-refractivity contribution in [3.05, 3.63) is 26.7 Å². The van der Waals surface area contributed by atoms with Gasteiger partial charge < -0.3 is 15.5 Å². The van der Waals surface area contributed by atoms with Crippen LogP contribution >= 0.6 is 46.7 Å². The van der Waals surface area contributed by atoms with E-state index in [0.717, 1.165) is 55.0 Å². The van der Waals surface area contributed by atoms with Crippen LogP contribution in [0, 0.1) is 13.8 Å². The predicted octanol–water partition coefficient (Wildman–Crippen LogP) is 3.73. The third kappa shape index (κ3) is 6.56. The van der Waals surface area contributed by atoms with E-state index in [4.69, 9.17) is 4.98 Å². The lowest BCUT2D eigenvalue weighted by Crippen LogP contribution is -2.38. The van der Waals surface area contributed by atoms with Gasteiger partial charge in [-0.1, -0.05) is 0 Å². The number of nitrogens with zero attached hydrogens (tertiary/aromatic N) is 4. The summed E-state index contributed by atoms with van der Waals surface area (Å²) in [5.41, 5.74) is 2.27. The summed E-state index contributed by atoms with van der Waals surface area (Å²) in [6.07, 6.45) is 3.48. The van der Waals surface area contributed by atoms with Gasteiger partial charge in [-0.25, -0.2) is 15.0 Å². The van der Waals surface area contributed by atoms with Crippen LogP contribution in [0.2, 0.25) is 0 Å². The summed E-state index contributed by atoms with van der Waals surface area (Å²) >= 11 is 3.48. The highest BCUT2D eigenvalue weighted by atomic mass is 127. The first-order chi connectivity index (χ1) is 12.7. The maximum Gasteiger partial charge on any atom is 0.191 e. The van der Waals surface area contributed by atoms with Gasteiger partial charge in [0.1, 0.15) is 5.01 Å². The lowest BCUT2D eigenvalue weighted by molar-refractivity contribution is 0.789. The summed E-state index contributed by atoms with van der Waals surface area (Å²) in [7, 11) is 0. The van der Waals surface area contributed by atoms with Crippen LogP contribution in [0.5, 0.6) is 0 Å². The maximum absolute atomic E-state index is 4.78. The molecule has 1 aliphatic heterocycles. The van der Waals surface area contributed by atoms with Crippen molar-refractivity contribution in [2.24, 2.45) is 4.99 Å². The number of halogens is 1. The van der Waals surface area contributed by atoms with Gasteiger partial charge in [0.25, 0.3) is 0 Å². The summed E-state index contributed by atoms with van der Waals surface area (Å²) in [6.45, 7) is 10.8. The normalized spacial score (nSPS) is 14.3. The Kier molecular flexibility index (Phi) is 9.24. The second-order valence-corrected chi connectivity index (χ2v) is 8.56. The Morgan fingerprint density at radius 1 is 1.22 bits per heavy atom. The highest BCUT2D eigenvalue weighted by Crippen LogP contribution is 2.24. The molecule has 2 aromatic rings. The van der Waals surface area contributed by atoms with Crippen LogP contribution in [0.4, 0.5) is 5.13 Å². The first-order valence-electron chi connectivity index (χ1n) is 9.30. The fraction of sp³-hybridized carbons (Fsp3) is 0.611.